The summed E-state index contributed by atoms with van der Waals surface area (Å²) in [6.07, 6.45) is 7.64. The minimum absolute atomic E-state index is 0.0495. The molecule has 1 atom stereocenters. The van der Waals surface area contributed by atoms with Gasteiger partial charge in [-0.1, -0.05) is 12.1 Å². The van der Waals surface area contributed by atoms with E-state index in [2.05, 4.69) is 24.7 Å². The molecule has 5 rings (SSSR count). The third-order valence-corrected chi connectivity index (χ3v) is 7.88. The van der Waals surface area contributed by atoms with Crippen LogP contribution in [-0.4, -0.2) is 57.6 Å². The van der Waals surface area contributed by atoms with Gasteiger partial charge in [-0.05, 0) is 50.8 Å². The monoisotopic (exact) mass is 494 g/mol. The van der Waals surface area contributed by atoms with E-state index in [-0.39, 0.29) is 23.1 Å². The molecule has 1 N–H and O–H groups in total. The molecule has 1 saturated heterocycles. The number of carbonyl (C=O) groups excluding carboxylic acids is 1. The summed E-state index contributed by atoms with van der Waals surface area (Å²) < 4.78 is 32.4. The van der Waals surface area contributed by atoms with Crippen LogP contribution in [0.3, 0.4) is 0 Å². The minimum Gasteiger partial charge on any atom is -0.477 e. The van der Waals surface area contributed by atoms with Crippen LogP contribution in [0.5, 0.6) is 5.88 Å². The molecule has 10 nitrogen and oxygen atoms in total. The van der Waals surface area contributed by atoms with E-state index in [1.807, 2.05) is 19.1 Å². The zero-order valence-electron chi connectivity index (χ0n) is 19.3. The van der Waals surface area contributed by atoms with Crippen LogP contribution in [0, 0.1) is 0 Å². The molecule has 11 heteroatoms. The van der Waals surface area contributed by atoms with Crippen molar-refractivity contribution in [3.8, 4) is 17.1 Å². The number of sulfonamides is 1. The van der Waals surface area contributed by atoms with Crippen LogP contribution in [0.25, 0.3) is 11.3 Å². The molecule has 0 bridgehead atoms. The Morgan fingerprint density at radius 3 is 2.66 bits per heavy atom. The van der Waals surface area contributed by atoms with Crippen molar-refractivity contribution in [3.05, 3.63) is 60.2 Å². The smallest absolute Gasteiger partial charge is 0.254 e. The van der Waals surface area contributed by atoms with E-state index in [1.54, 1.807) is 35.5 Å². The number of amides is 1. The highest BCUT2D eigenvalue weighted by molar-refractivity contribution is 7.93. The van der Waals surface area contributed by atoms with Gasteiger partial charge < -0.3 is 9.64 Å². The lowest BCUT2D eigenvalue weighted by Crippen LogP contribution is -2.31. The first-order valence-electron chi connectivity index (χ1n) is 11.7. The molecule has 0 radical (unpaired) electrons. The molecule has 3 heterocycles. The fourth-order valence-corrected chi connectivity index (χ4v) is 5.44. The number of likely N-dealkylation sites (tertiary alicyclic amines) is 1. The molecule has 2 aliphatic rings. The van der Waals surface area contributed by atoms with Crippen molar-refractivity contribution < 1.29 is 17.9 Å². The van der Waals surface area contributed by atoms with E-state index in [9.17, 15) is 13.2 Å². The van der Waals surface area contributed by atoms with E-state index in [0.717, 1.165) is 18.4 Å². The van der Waals surface area contributed by atoms with E-state index in [0.29, 0.717) is 48.8 Å². The predicted octanol–water partition coefficient (Wildman–Crippen LogP) is 3.21. The zero-order valence-corrected chi connectivity index (χ0v) is 20.1. The number of hydrogen-bond donors (Lipinski definition) is 1. The zero-order chi connectivity index (χ0) is 24.4. The molecule has 2 fully saturated rings. The lowest BCUT2D eigenvalue weighted by molar-refractivity contribution is 0.0733. The molecule has 35 heavy (non-hydrogen) atoms. The molecule has 182 valence electrons. The molecular formula is C24H26N6O4S. The van der Waals surface area contributed by atoms with Gasteiger partial charge in [0, 0.05) is 23.9 Å². The van der Waals surface area contributed by atoms with Gasteiger partial charge in [0.15, 0.2) is 0 Å². The molecular weight excluding hydrogens is 468 g/mol. The molecule has 1 unspecified atom stereocenters. The molecule has 1 amide bonds. The third kappa shape index (κ3) is 5.09. The average Bonchev–Trinajstić information content (AvgIpc) is 3.62. The molecule has 2 aromatic heterocycles. The quantitative estimate of drug-likeness (QED) is 0.506. The molecule has 1 aliphatic carbocycles. The Morgan fingerprint density at radius 2 is 1.91 bits per heavy atom. The Kier molecular flexibility index (Phi) is 6.33. The number of aromatic nitrogens is 4. The predicted molar refractivity (Wildman–Crippen MR) is 129 cm³/mol. The first kappa shape index (κ1) is 23.2. The number of rotatable bonds is 8. The third-order valence-electron chi connectivity index (χ3n) is 6.06. The SMILES string of the molecule is CCOc1cncc(-c2ccc(C(=O)N3CCCC3c3ccnc(NS(=O)(=O)C4CC4)n3)cc2)n1. The largest absolute Gasteiger partial charge is 0.477 e. The van der Waals surface area contributed by atoms with E-state index >= 15 is 0 Å². The van der Waals surface area contributed by atoms with E-state index < -0.39 is 10.0 Å². The first-order chi connectivity index (χ1) is 16.9. The molecule has 1 aliphatic heterocycles. The highest BCUT2D eigenvalue weighted by Gasteiger charge is 2.37. The Balaban J connectivity index is 1.32. The van der Waals surface area contributed by atoms with Gasteiger partial charge in [-0.15, -0.1) is 0 Å². The maximum atomic E-state index is 13.4. The van der Waals surface area contributed by atoms with Crippen LogP contribution in [-0.2, 0) is 10.0 Å². The highest BCUT2D eigenvalue weighted by Crippen LogP contribution is 2.33. The van der Waals surface area contributed by atoms with Crippen molar-refractivity contribution in [3.63, 3.8) is 0 Å². The van der Waals surface area contributed by atoms with Crippen molar-refractivity contribution in [2.24, 2.45) is 0 Å². The number of hydrogen-bond acceptors (Lipinski definition) is 8. The summed E-state index contributed by atoms with van der Waals surface area (Å²) in [6.45, 7) is 2.98. The van der Waals surface area contributed by atoms with Crippen molar-refractivity contribution in [2.45, 2.75) is 43.9 Å². The van der Waals surface area contributed by atoms with Crippen molar-refractivity contribution in [1.82, 2.24) is 24.8 Å². The Labute approximate surface area is 203 Å². The van der Waals surface area contributed by atoms with Crippen molar-refractivity contribution in [1.29, 1.82) is 0 Å². The number of carbonyl (C=O) groups is 1. The van der Waals surface area contributed by atoms with Gasteiger partial charge in [-0.3, -0.25) is 14.5 Å². The fraction of sp³-hybridized carbons (Fsp3) is 0.375. The van der Waals surface area contributed by atoms with Crippen LogP contribution in [0.4, 0.5) is 5.95 Å². The lowest BCUT2D eigenvalue weighted by Gasteiger charge is -2.24. The van der Waals surface area contributed by atoms with Gasteiger partial charge in [0.25, 0.3) is 5.91 Å². The van der Waals surface area contributed by atoms with Gasteiger partial charge in [0.05, 0.1) is 41.7 Å². The van der Waals surface area contributed by atoms with Gasteiger partial charge >= 0.3 is 0 Å². The van der Waals surface area contributed by atoms with Gasteiger partial charge in [-0.2, -0.15) is 0 Å². The van der Waals surface area contributed by atoms with Crippen LogP contribution in [0.2, 0.25) is 0 Å². The molecule has 3 aromatic rings. The topological polar surface area (TPSA) is 127 Å². The van der Waals surface area contributed by atoms with Crippen molar-refractivity contribution in [2.75, 3.05) is 17.9 Å². The summed E-state index contributed by atoms with van der Waals surface area (Å²) in [6, 6.07) is 8.72. The second kappa shape index (κ2) is 9.57. The molecule has 1 saturated carbocycles. The average molecular weight is 495 g/mol. The summed E-state index contributed by atoms with van der Waals surface area (Å²) in [4.78, 5) is 32.2. The first-order valence-corrected chi connectivity index (χ1v) is 13.2. The summed E-state index contributed by atoms with van der Waals surface area (Å²) in [7, 11) is -3.46. The number of ether oxygens (including phenoxy) is 1. The second-order valence-electron chi connectivity index (χ2n) is 8.56. The number of nitrogens with one attached hydrogen (secondary N) is 1. The Morgan fingerprint density at radius 1 is 1.11 bits per heavy atom. The van der Waals surface area contributed by atoms with E-state index in [4.69, 9.17) is 4.74 Å². The summed E-state index contributed by atoms with van der Waals surface area (Å²) in [5, 5.41) is -0.366. The fourth-order valence-electron chi connectivity index (χ4n) is 4.17. The number of benzene rings is 1. The summed E-state index contributed by atoms with van der Waals surface area (Å²) in [5.41, 5.74) is 2.67. The van der Waals surface area contributed by atoms with Gasteiger partial charge in [-0.25, -0.2) is 23.4 Å². The van der Waals surface area contributed by atoms with Crippen LogP contribution in [0.15, 0.2) is 48.9 Å². The van der Waals surface area contributed by atoms with Gasteiger partial charge in [0.2, 0.25) is 21.9 Å². The van der Waals surface area contributed by atoms with Crippen LogP contribution >= 0.6 is 0 Å². The molecule has 0 spiro atoms. The summed E-state index contributed by atoms with van der Waals surface area (Å²) in [5.74, 6) is 0.397. The highest BCUT2D eigenvalue weighted by atomic mass is 32.2. The minimum atomic E-state index is -3.46. The standard InChI is InChI=1S/C24H26N6O4S/c1-2-34-22-15-25-14-20(27-22)16-5-7-17(8-6-16)23(31)30-13-3-4-21(30)19-11-12-26-24(28-19)29-35(32,33)18-9-10-18/h5-8,11-12,14-15,18,21H,2-4,9-10,13H2,1H3,(H,26,28,29). The van der Waals surface area contributed by atoms with Crippen molar-refractivity contribution >= 4 is 21.9 Å². The normalized spacial score (nSPS) is 17.9. The number of anilines is 1. The Hall–Kier alpha value is -3.60. The molecule has 1 aromatic carbocycles. The summed E-state index contributed by atoms with van der Waals surface area (Å²) >= 11 is 0. The van der Waals surface area contributed by atoms with Gasteiger partial charge in [0.1, 0.15) is 0 Å². The van der Waals surface area contributed by atoms with E-state index in [1.165, 1.54) is 6.20 Å². The second-order valence-corrected chi connectivity index (χ2v) is 10.5. The maximum absolute atomic E-state index is 13.4. The van der Waals surface area contributed by atoms with Crippen LogP contribution in [0.1, 0.15) is 54.7 Å². The lowest BCUT2D eigenvalue weighted by atomic mass is 10.1. The maximum Gasteiger partial charge on any atom is 0.254 e. The van der Waals surface area contributed by atoms with Crippen LogP contribution < -0.4 is 9.46 Å². The number of nitrogens with zero attached hydrogens (tertiary/aromatic N) is 5. The Bertz CT molecular complexity index is 1330.